The molecule has 2 rings (SSSR count). The molecule has 2 aromatic rings. The number of terminal acetylenes is 1. The lowest BCUT2D eigenvalue weighted by Gasteiger charge is -2.09. The lowest BCUT2D eigenvalue weighted by Crippen LogP contribution is -2.05. The minimum atomic E-state index is -4.38. The van der Waals surface area contributed by atoms with Crippen LogP contribution in [0.2, 0.25) is 0 Å². The average molecular weight is 266 g/mol. The van der Waals surface area contributed by atoms with Crippen molar-refractivity contribution in [3.8, 4) is 22.8 Å². The summed E-state index contributed by atoms with van der Waals surface area (Å²) in [5, 5.41) is 0. The van der Waals surface area contributed by atoms with Crippen molar-refractivity contribution in [2.45, 2.75) is 13.1 Å². The number of aryl methyl sites for hydroxylation is 1. The van der Waals surface area contributed by atoms with Gasteiger partial charge in [0.15, 0.2) is 0 Å². The van der Waals surface area contributed by atoms with Gasteiger partial charge in [-0.25, -0.2) is 0 Å². The minimum absolute atomic E-state index is 0.242. The molecule has 0 aliphatic carbocycles. The van der Waals surface area contributed by atoms with Gasteiger partial charge in [-0.3, -0.25) is 0 Å². The molecule has 0 atom stereocenters. The van der Waals surface area contributed by atoms with E-state index in [2.05, 4.69) is 5.92 Å². The van der Waals surface area contributed by atoms with Crippen molar-refractivity contribution >= 4 is 11.3 Å². The van der Waals surface area contributed by atoms with E-state index in [0.717, 1.165) is 21.9 Å². The van der Waals surface area contributed by atoms with Crippen LogP contribution in [0.25, 0.3) is 10.4 Å². The van der Waals surface area contributed by atoms with Gasteiger partial charge in [-0.1, -0.05) is 5.92 Å². The first kappa shape index (κ1) is 12.7. The summed E-state index contributed by atoms with van der Waals surface area (Å²) in [6.07, 6.45) is 0.819. The van der Waals surface area contributed by atoms with Gasteiger partial charge < -0.3 is 0 Å². The summed E-state index contributed by atoms with van der Waals surface area (Å²) >= 11 is 1.44. The van der Waals surface area contributed by atoms with E-state index >= 15 is 0 Å². The Hall–Kier alpha value is -1.73. The first-order chi connectivity index (χ1) is 8.40. The summed E-state index contributed by atoms with van der Waals surface area (Å²) in [4.78, 5) is 1.83. The molecule has 4 heteroatoms. The highest BCUT2D eigenvalue weighted by Crippen LogP contribution is 2.35. The van der Waals surface area contributed by atoms with Gasteiger partial charge in [-0.2, -0.15) is 13.2 Å². The van der Waals surface area contributed by atoms with Crippen LogP contribution in [-0.2, 0) is 6.18 Å². The molecule has 0 saturated heterocycles. The van der Waals surface area contributed by atoms with Crippen molar-refractivity contribution in [1.29, 1.82) is 0 Å². The summed E-state index contributed by atoms with van der Waals surface area (Å²) in [6, 6.07) is 7.39. The molecule has 0 aliphatic rings. The van der Waals surface area contributed by atoms with Crippen molar-refractivity contribution in [1.82, 2.24) is 0 Å². The quantitative estimate of drug-likeness (QED) is 0.655. The van der Waals surface area contributed by atoms with Crippen molar-refractivity contribution in [2.24, 2.45) is 0 Å². The number of rotatable bonds is 1. The zero-order valence-electron chi connectivity index (χ0n) is 9.51. The van der Waals surface area contributed by atoms with Gasteiger partial charge in [0.2, 0.25) is 0 Å². The third-order valence-corrected chi connectivity index (χ3v) is 3.50. The molecule has 0 nitrogen and oxygen atoms in total. The smallest absolute Gasteiger partial charge is 0.166 e. The number of hydrogen-bond acceptors (Lipinski definition) is 1. The van der Waals surface area contributed by atoms with Crippen LogP contribution in [0.3, 0.4) is 0 Å². The third kappa shape index (κ3) is 2.57. The molecule has 0 unspecified atom stereocenters. The van der Waals surface area contributed by atoms with Crippen LogP contribution in [0.15, 0.2) is 30.3 Å². The summed E-state index contributed by atoms with van der Waals surface area (Å²) < 4.78 is 38.2. The number of alkyl halides is 3. The molecule has 0 aliphatic heterocycles. The highest BCUT2D eigenvalue weighted by atomic mass is 32.1. The van der Waals surface area contributed by atoms with E-state index in [1.54, 1.807) is 12.1 Å². The molecular formula is C14H9F3S. The van der Waals surface area contributed by atoms with E-state index in [4.69, 9.17) is 6.42 Å². The van der Waals surface area contributed by atoms with E-state index < -0.39 is 11.7 Å². The Morgan fingerprint density at radius 2 is 1.89 bits per heavy atom. The van der Waals surface area contributed by atoms with Crippen molar-refractivity contribution in [3.05, 3.63) is 46.3 Å². The lowest BCUT2D eigenvalue weighted by atomic mass is 10.0. The molecule has 0 fully saturated rings. The number of thiophene rings is 1. The van der Waals surface area contributed by atoms with Crippen molar-refractivity contribution in [2.75, 3.05) is 0 Å². The Kier molecular flexibility index (Phi) is 3.18. The van der Waals surface area contributed by atoms with Crippen LogP contribution in [0.1, 0.15) is 16.0 Å². The van der Waals surface area contributed by atoms with Crippen LogP contribution in [0, 0.1) is 19.3 Å². The normalized spacial score (nSPS) is 11.3. The molecular weight excluding hydrogens is 257 g/mol. The maximum absolute atomic E-state index is 12.7. The van der Waals surface area contributed by atoms with Gasteiger partial charge in [-0.15, -0.1) is 17.8 Å². The maximum atomic E-state index is 12.7. The standard InChI is InChI=1S/C14H9F3S/c1-3-10-6-11(13-5-4-9(2)18-13)8-12(7-10)14(15,16)17/h1,4-8H,2H3. The molecule has 1 aromatic heterocycles. The predicted octanol–water partition coefficient (Wildman–Crippen LogP) is 4.72. The Balaban J connectivity index is 2.59. The molecule has 92 valence electrons. The maximum Gasteiger partial charge on any atom is 0.416 e. The van der Waals surface area contributed by atoms with E-state index in [1.165, 1.54) is 11.3 Å². The monoisotopic (exact) mass is 266 g/mol. The summed E-state index contributed by atoms with van der Waals surface area (Å²) in [5.74, 6) is 2.26. The fraction of sp³-hybridized carbons (Fsp3) is 0.143. The van der Waals surface area contributed by atoms with Crippen LogP contribution < -0.4 is 0 Å². The predicted molar refractivity (Wildman–Crippen MR) is 67.4 cm³/mol. The molecule has 0 bridgehead atoms. The molecule has 0 saturated carbocycles. The second kappa shape index (κ2) is 4.51. The fourth-order valence-electron chi connectivity index (χ4n) is 1.61. The van der Waals surface area contributed by atoms with Crippen LogP contribution in [0.4, 0.5) is 13.2 Å². The molecule has 0 spiro atoms. The second-order valence-corrected chi connectivity index (χ2v) is 5.14. The highest BCUT2D eigenvalue weighted by molar-refractivity contribution is 7.15. The Morgan fingerprint density at radius 1 is 1.17 bits per heavy atom. The second-order valence-electron chi connectivity index (χ2n) is 3.85. The summed E-state index contributed by atoms with van der Waals surface area (Å²) in [6.45, 7) is 1.91. The molecule has 18 heavy (non-hydrogen) atoms. The third-order valence-electron chi connectivity index (χ3n) is 2.45. The first-order valence-corrected chi connectivity index (χ1v) is 5.97. The molecule has 1 heterocycles. The summed E-state index contributed by atoms with van der Waals surface area (Å²) in [7, 11) is 0. The molecule has 0 radical (unpaired) electrons. The first-order valence-electron chi connectivity index (χ1n) is 5.16. The molecule has 0 amide bonds. The topological polar surface area (TPSA) is 0 Å². The van der Waals surface area contributed by atoms with Crippen LogP contribution >= 0.6 is 11.3 Å². The zero-order chi connectivity index (χ0) is 13.3. The van der Waals surface area contributed by atoms with Gasteiger partial charge in [0.25, 0.3) is 0 Å². The van der Waals surface area contributed by atoms with Gasteiger partial charge in [0.05, 0.1) is 5.56 Å². The van der Waals surface area contributed by atoms with Gasteiger partial charge >= 0.3 is 6.18 Å². The molecule has 1 aromatic carbocycles. The lowest BCUT2D eigenvalue weighted by molar-refractivity contribution is -0.137. The Labute approximate surface area is 107 Å². The van der Waals surface area contributed by atoms with E-state index in [9.17, 15) is 13.2 Å². The van der Waals surface area contributed by atoms with Crippen LogP contribution in [-0.4, -0.2) is 0 Å². The van der Waals surface area contributed by atoms with E-state index in [0.29, 0.717) is 5.56 Å². The largest absolute Gasteiger partial charge is 0.416 e. The minimum Gasteiger partial charge on any atom is -0.166 e. The number of halogens is 3. The average Bonchev–Trinajstić information content (AvgIpc) is 2.74. The molecule has 0 N–H and O–H groups in total. The fourth-order valence-corrected chi connectivity index (χ4v) is 2.46. The van der Waals surface area contributed by atoms with Crippen molar-refractivity contribution in [3.63, 3.8) is 0 Å². The number of hydrogen-bond donors (Lipinski definition) is 0. The summed E-state index contributed by atoms with van der Waals surface area (Å²) in [5.41, 5.74) is 0.0424. The Morgan fingerprint density at radius 3 is 2.39 bits per heavy atom. The SMILES string of the molecule is C#Cc1cc(-c2ccc(C)s2)cc(C(F)(F)F)c1. The van der Waals surface area contributed by atoms with Crippen molar-refractivity contribution < 1.29 is 13.2 Å². The van der Waals surface area contributed by atoms with E-state index in [-0.39, 0.29) is 5.56 Å². The van der Waals surface area contributed by atoms with Gasteiger partial charge in [-0.05, 0) is 42.8 Å². The number of benzene rings is 1. The van der Waals surface area contributed by atoms with Gasteiger partial charge in [0.1, 0.15) is 0 Å². The van der Waals surface area contributed by atoms with Gasteiger partial charge in [0, 0.05) is 15.3 Å². The van der Waals surface area contributed by atoms with E-state index in [1.807, 2.05) is 13.0 Å². The van der Waals surface area contributed by atoms with Crippen LogP contribution in [0.5, 0.6) is 0 Å². The zero-order valence-corrected chi connectivity index (χ0v) is 10.3. The highest BCUT2D eigenvalue weighted by Gasteiger charge is 2.31. The Bertz CT molecular complexity index is 615.